The minimum absolute atomic E-state index is 0. The largest absolute Gasteiger partial charge is 0.481 e. The van der Waals surface area contributed by atoms with Gasteiger partial charge in [0.1, 0.15) is 0 Å². The van der Waals surface area contributed by atoms with Crippen molar-refractivity contribution >= 4 is 17.9 Å². The maximum atomic E-state index is 10.4. The number of aliphatic carboxylic acids is 3. The van der Waals surface area contributed by atoms with Crippen molar-refractivity contribution in [2.75, 3.05) is 19.6 Å². The molecule has 0 aromatic heterocycles. The van der Waals surface area contributed by atoms with Gasteiger partial charge in [-0.2, -0.15) is 0 Å². The third-order valence-corrected chi connectivity index (χ3v) is 6.94. The third kappa shape index (κ3) is 36.5. The summed E-state index contributed by atoms with van der Waals surface area (Å²) in [5.74, 6) is -2.13. The van der Waals surface area contributed by atoms with Crippen LogP contribution in [0.4, 0.5) is 0 Å². The lowest BCUT2D eigenvalue weighted by Gasteiger charge is -2.04. The SMILES string of the molecule is N.O=C(O)CCCCCCCCC(=O)O.O=C(O)CCCCCCCCCCCCCCCCCN1CC1. The minimum Gasteiger partial charge on any atom is -0.481 e. The number of hydrogen-bond donors (Lipinski definition) is 4. The van der Waals surface area contributed by atoms with E-state index in [0.717, 1.165) is 51.4 Å². The molecule has 1 aliphatic heterocycles. The van der Waals surface area contributed by atoms with E-state index in [-0.39, 0.29) is 19.0 Å². The molecule has 0 radical (unpaired) electrons. The standard InChI is InChI=1S/C20H39NO2.C10H18O4.H3N/c22-20(23)16-14-12-10-8-6-4-2-1-3-5-7-9-11-13-15-17-21-18-19-21;11-9(12)7-5-3-1-2-4-6-8-10(13)14;/h1-19H2,(H,22,23);1-8H2,(H,11,12)(H,13,14);1H3. The molecule has 226 valence electrons. The van der Waals surface area contributed by atoms with Crippen LogP contribution in [0.25, 0.3) is 0 Å². The smallest absolute Gasteiger partial charge is 0.303 e. The Morgan fingerprint density at radius 3 is 0.816 bits per heavy atom. The van der Waals surface area contributed by atoms with Crippen molar-refractivity contribution < 1.29 is 29.7 Å². The van der Waals surface area contributed by atoms with Gasteiger partial charge in [-0.05, 0) is 32.2 Å². The Morgan fingerprint density at radius 2 is 0.605 bits per heavy atom. The predicted molar refractivity (Wildman–Crippen MR) is 155 cm³/mol. The van der Waals surface area contributed by atoms with Crippen molar-refractivity contribution in [3.05, 3.63) is 0 Å². The summed E-state index contributed by atoms with van der Waals surface area (Å²) in [6.45, 7) is 4.05. The average Bonchev–Trinajstić information content (AvgIpc) is 3.67. The van der Waals surface area contributed by atoms with Crippen molar-refractivity contribution in [3.8, 4) is 0 Å². The molecule has 0 saturated carbocycles. The molecule has 0 spiro atoms. The van der Waals surface area contributed by atoms with Gasteiger partial charge in [-0.25, -0.2) is 0 Å². The molecule has 0 aromatic rings. The quantitative estimate of drug-likeness (QED) is 0.0598. The second kappa shape index (κ2) is 29.9. The molecule has 0 bridgehead atoms. The highest BCUT2D eigenvalue weighted by Gasteiger charge is 2.15. The number of carbonyl (C=O) groups is 3. The molecule has 0 amide bonds. The molecule has 1 saturated heterocycles. The van der Waals surface area contributed by atoms with Crippen LogP contribution in [0, 0.1) is 0 Å². The molecule has 8 heteroatoms. The Labute approximate surface area is 232 Å². The van der Waals surface area contributed by atoms with Gasteiger partial charge < -0.3 is 26.4 Å². The molecule has 1 fully saturated rings. The van der Waals surface area contributed by atoms with E-state index in [9.17, 15) is 14.4 Å². The van der Waals surface area contributed by atoms with Gasteiger partial charge in [-0.1, -0.05) is 109 Å². The van der Waals surface area contributed by atoms with Crippen LogP contribution in [-0.4, -0.2) is 57.8 Å². The highest BCUT2D eigenvalue weighted by atomic mass is 16.4. The zero-order valence-electron chi connectivity index (χ0n) is 24.3. The Kier molecular flexibility index (Phi) is 30.3. The second-order valence-corrected chi connectivity index (χ2v) is 10.7. The van der Waals surface area contributed by atoms with Crippen LogP contribution in [0.15, 0.2) is 0 Å². The lowest BCUT2D eigenvalue weighted by atomic mass is 10.0. The van der Waals surface area contributed by atoms with E-state index in [4.69, 9.17) is 15.3 Å². The zero-order chi connectivity index (χ0) is 27.4. The first-order valence-corrected chi connectivity index (χ1v) is 15.3. The second-order valence-electron chi connectivity index (χ2n) is 10.7. The first-order valence-electron chi connectivity index (χ1n) is 15.3. The van der Waals surface area contributed by atoms with E-state index < -0.39 is 17.9 Å². The minimum atomic E-state index is -0.740. The van der Waals surface area contributed by atoms with Crippen molar-refractivity contribution in [1.82, 2.24) is 11.1 Å². The Bertz CT molecular complexity index is 535. The average molecular weight is 545 g/mol. The Hall–Kier alpha value is -1.67. The lowest BCUT2D eigenvalue weighted by molar-refractivity contribution is -0.138. The molecule has 0 aliphatic carbocycles. The van der Waals surface area contributed by atoms with Crippen molar-refractivity contribution in [1.29, 1.82) is 0 Å². The normalized spacial score (nSPS) is 12.3. The van der Waals surface area contributed by atoms with E-state index in [2.05, 4.69) is 4.90 Å². The summed E-state index contributed by atoms with van der Waals surface area (Å²) in [4.78, 5) is 33.2. The fraction of sp³-hybridized carbons (Fsp3) is 0.900. The Morgan fingerprint density at radius 1 is 0.395 bits per heavy atom. The number of carboxylic acids is 3. The number of rotatable bonds is 27. The van der Waals surface area contributed by atoms with Crippen LogP contribution < -0.4 is 6.15 Å². The number of carboxylic acid groups (broad SMARTS) is 3. The molecule has 1 heterocycles. The molecule has 38 heavy (non-hydrogen) atoms. The maximum Gasteiger partial charge on any atom is 0.303 e. The number of unbranched alkanes of at least 4 members (excludes halogenated alkanes) is 19. The first kappa shape index (κ1) is 38.5. The molecule has 0 atom stereocenters. The fourth-order valence-corrected chi connectivity index (χ4v) is 4.46. The molecule has 0 unspecified atom stereocenters. The van der Waals surface area contributed by atoms with E-state index in [1.54, 1.807) is 0 Å². The van der Waals surface area contributed by atoms with Gasteiger partial charge in [-0.3, -0.25) is 14.4 Å². The summed E-state index contributed by atoms with van der Waals surface area (Å²) in [6.07, 6.45) is 26.1. The van der Waals surface area contributed by atoms with Gasteiger partial charge in [0.2, 0.25) is 0 Å². The maximum absolute atomic E-state index is 10.4. The highest BCUT2D eigenvalue weighted by Crippen LogP contribution is 2.14. The molecule has 1 aliphatic rings. The van der Waals surface area contributed by atoms with Crippen LogP contribution in [0.3, 0.4) is 0 Å². The summed E-state index contributed by atoms with van der Waals surface area (Å²) in [6, 6.07) is 0. The van der Waals surface area contributed by atoms with E-state index in [1.807, 2.05) is 0 Å². The summed E-state index contributed by atoms with van der Waals surface area (Å²) in [7, 11) is 0. The molecule has 8 nitrogen and oxygen atoms in total. The van der Waals surface area contributed by atoms with Gasteiger partial charge in [0.25, 0.3) is 0 Å². The van der Waals surface area contributed by atoms with Crippen LogP contribution in [0.1, 0.15) is 154 Å². The zero-order valence-corrected chi connectivity index (χ0v) is 24.3. The molecule has 1 rings (SSSR count). The van der Waals surface area contributed by atoms with Crippen LogP contribution in [0.5, 0.6) is 0 Å². The third-order valence-electron chi connectivity index (χ3n) is 6.94. The van der Waals surface area contributed by atoms with Gasteiger partial charge in [0, 0.05) is 32.4 Å². The van der Waals surface area contributed by atoms with E-state index in [0.29, 0.717) is 6.42 Å². The van der Waals surface area contributed by atoms with Gasteiger partial charge >= 0.3 is 17.9 Å². The van der Waals surface area contributed by atoms with Gasteiger partial charge in [0.15, 0.2) is 0 Å². The van der Waals surface area contributed by atoms with E-state index in [1.165, 1.54) is 103 Å². The van der Waals surface area contributed by atoms with Crippen LogP contribution >= 0.6 is 0 Å². The monoisotopic (exact) mass is 544 g/mol. The topological polar surface area (TPSA) is 150 Å². The molecule has 0 aromatic carbocycles. The first-order chi connectivity index (χ1) is 17.9. The highest BCUT2D eigenvalue weighted by molar-refractivity contribution is 5.67. The fourth-order valence-electron chi connectivity index (χ4n) is 4.46. The summed E-state index contributed by atoms with van der Waals surface area (Å²) in [5, 5.41) is 25.2. The van der Waals surface area contributed by atoms with Crippen molar-refractivity contribution in [3.63, 3.8) is 0 Å². The summed E-state index contributed by atoms with van der Waals surface area (Å²) >= 11 is 0. The summed E-state index contributed by atoms with van der Waals surface area (Å²) < 4.78 is 0. The summed E-state index contributed by atoms with van der Waals surface area (Å²) in [5.41, 5.74) is 0. The van der Waals surface area contributed by atoms with Crippen molar-refractivity contribution in [2.45, 2.75) is 154 Å². The van der Waals surface area contributed by atoms with E-state index >= 15 is 0 Å². The number of nitrogens with zero attached hydrogens (tertiary/aromatic N) is 1. The molecule has 6 N–H and O–H groups in total. The van der Waals surface area contributed by atoms with Crippen LogP contribution in [0.2, 0.25) is 0 Å². The molecular weight excluding hydrogens is 484 g/mol. The van der Waals surface area contributed by atoms with Crippen LogP contribution in [-0.2, 0) is 14.4 Å². The van der Waals surface area contributed by atoms with Gasteiger partial charge in [-0.15, -0.1) is 0 Å². The number of hydrogen-bond acceptors (Lipinski definition) is 5. The molecular formula is C30H60N2O6. The van der Waals surface area contributed by atoms with Crippen molar-refractivity contribution in [2.24, 2.45) is 0 Å². The Balaban J connectivity index is 0. The lowest BCUT2D eigenvalue weighted by Crippen LogP contribution is -1.98. The predicted octanol–water partition coefficient (Wildman–Crippen LogP) is 8.07. The van der Waals surface area contributed by atoms with Gasteiger partial charge in [0.05, 0.1) is 0 Å².